The van der Waals surface area contributed by atoms with Crippen LogP contribution >= 0.6 is 0 Å². The normalized spacial score (nSPS) is 27.1. The van der Waals surface area contributed by atoms with Crippen LogP contribution in [-0.2, 0) is 0 Å². The van der Waals surface area contributed by atoms with Crippen LogP contribution in [0.3, 0.4) is 0 Å². The summed E-state index contributed by atoms with van der Waals surface area (Å²) < 4.78 is 0. The molecular formula is C11H21N. The second kappa shape index (κ2) is 4.08. The average molecular weight is 167 g/mol. The maximum Gasteiger partial charge on any atom is 0.0165 e. The quantitative estimate of drug-likeness (QED) is 0.543. The summed E-state index contributed by atoms with van der Waals surface area (Å²) in [6.45, 7) is 8.04. The summed E-state index contributed by atoms with van der Waals surface area (Å²) in [5, 5.41) is 0. The average Bonchev–Trinajstić information content (AvgIpc) is 2.16. The number of allylic oxidation sites excluding steroid dienone is 1. The lowest BCUT2D eigenvalue weighted by molar-refractivity contribution is 0.278. The fourth-order valence-corrected chi connectivity index (χ4v) is 1.66. The molecule has 0 bridgehead atoms. The minimum atomic E-state index is 0.740. The van der Waals surface area contributed by atoms with Crippen LogP contribution in [0.1, 0.15) is 33.6 Å². The topological polar surface area (TPSA) is 3.24 Å². The van der Waals surface area contributed by atoms with Gasteiger partial charge in [0, 0.05) is 12.6 Å². The smallest absolute Gasteiger partial charge is 0.0165 e. The summed E-state index contributed by atoms with van der Waals surface area (Å²) >= 11 is 0. The molecule has 0 N–H and O–H groups in total. The lowest BCUT2D eigenvalue weighted by Crippen LogP contribution is -2.27. The summed E-state index contributed by atoms with van der Waals surface area (Å²) in [5.74, 6) is 0.740. The minimum Gasteiger partial charge on any atom is -0.300 e. The Morgan fingerprint density at radius 2 is 2.17 bits per heavy atom. The first-order chi connectivity index (χ1) is 5.61. The number of likely N-dealkylation sites (N-methyl/N-ethyl adjacent to an activating group) is 1. The van der Waals surface area contributed by atoms with E-state index in [9.17, 15) is 0 Å². The summed E-state index contributed by atoms with van der Waals surface area (Å²) in [7, 11) is 2.21. The van der Waals surface area contributed by atoms with Crippen LogP contribution < -0.4 is 0 Å². The summed E-state index contributed by atoms with van der Waals surface area (Å²) in [5.41, 5.74) is 1.64. The molecule has 0 saturated carbocycles. The Kier molecular flexibility index (Phi) is 3.33. The molecule has 1 nitrogen and oxygen atoms in total. The largest absolute Gasteiger partial charge is 0.300 e. The van der Waals surface area contributed by atoms with E-state index in [0.717, 1.165) is 18.5 Å². The molecule has 1 aliphatic rings. The van der Waals surface area contributed by atoms with Gasteiger partial charge in [0.05, 0.1) is 0 Å². The standard InChI is InChI=1S/C11H21N/c1-9(2)11-6-5-10(3)12(4)8-7-11/h7,9-10H,5-6,8H2,1-4H3/t10-/m0/s1. The Balaban J connectivity index is 2.58. The van der Waals surface area contributed by atoms with Gasteiger partial charge in [0.15, 0.2) is 0 Å². The van der Waals surface area contributed by atoms with Crippen molar-refractivity contribution in [3.05, 3.63) is 11.6 Å². The molecule has 1 heterocycles. The Labute approximate surface area is 76.5 Å². The molecule has 12 heavy (non-hydrogen) atoms. The maximum atomic E-state index is 2.43. The predicted octanol–water partition coefficient (Wildman–Crippen LogP) is 2.68. The molecule has 0 aromatic heterocycles. The second-order valence-electron chi connectivity index (χ2n) is 4.26. The zero-order valence-corrected chi connectivity index (χ0v) is 8.80. The van der Waals surface area contributed by atoms with E-state index in [2.05, 4.69) is 38.8 Å². The molecule has 0 aromatic rings. The van der Waals surface area contributed by atoms with Gasteiger partial charge in [0.25, 0.3) is 0 Å². The molecule has 0 spiro atoms. The molecular weight excluding hydrogens is 146 g/mol. The van der Waals surface area contributed by atoms with Gasteiger partial charge in [-0.15, -0.1) is 0 Å². The van der Waals surface area contributed by atoms with E-state index in [1.54, 1.807) is 5.57 Å². The molecule has 0 amide bonds. The van der Waals surface area contributed by atoms with Crippen molar-refractivity contribution < 1.29 is 0 Å². The third kappa shape index (κ3) is 2.34. The van der Waals surface area contributed by atoms with Crippen LogP contribution in [-0.4, -0.2) is 24.5 Å². The first kappa shape index (κ1) is 9.79. The second-order valence-corrected chi connectivity index (χ2v) is 4.26. The van der Waals surface area contributed by atoms with Gasteiger partial charge in [0.2, 0.25) is 0 Å². The summed E-state index contributed by atoms with van der Waals surface area (Å²) in [6, 6.07) is 0.748. The van der Waals surface area contributed by atoms with Gasteiger partial charge >= 0.3 is 0 Å². The highest BCUT2D eigenvalue weighted by Gasteiger charge is 2.14. The molecule has 0 aromatic carbocycles. The summed E-state index contributed by atoms with van der Waals surface area (Å²) in [4.78, 5) is 2.43. The van der Waals surface area contributed by atoms with Crippen molar-refractivity contribution in [1.29, 1.82) is 0 Å². The van der Waals surface area contributed by atoms with Crippen molar-refractivity contribution in [2.75, 3.05) is 13.6 Å². The van der Waals surface area contributed by atoms with Crippen LogP contribution in [0.15, 0.2) is 11.6 Å². The molecule has 1 heteroatoms. The molecule has 70 valence electrons. The van der Waals surface area contributed by atoms with Crippen LogP contribution in [0.25, 0.3) is 0 Å². The molecule has 1 atom stereocenters. The molecule has 0 unspecified atom stereocenters. The van der Waals surface area contributed by atoms with Crippen molar-refractivity contribution in [2.45, 2.75) is 39.7 Å². The molecule has 0 radical (unpaired) electrons. The fraction of sp³-hybridized carbons (Fsp3) is 0.818. The molecule has 1 rings (SSSR count). The molecule has 0 saturated heterocycles. The van der Waals surface area contributed by atoms with Crippen molar-refractivity contribution in [3.8, 4) is 0 Å². The van der Waals surface area contributed by atoms with Gasteiger partial charge in [-0.1, -0.05) is 25.5 Å². The van der Waals surface area contributed by atoms with Crippen LogP contribution in [0.2, 0.25) is 0 Å². The van der Waals surface area contributed by atoms with Crippen molar-refractivity contribution >= 4 is 0 Å². The van der Waals surface area contributed by atoms with Gasteiger partial charge in [-0.2, -0.15) is 0 Å². The van der Waals surface area contributed by atoms with Crippen molar-refractivity contribution in [3.63, 3.8) is 0 Å². The Hall–Kier alpha value is -0.300. The number of hydrogen-bond acceptors (Lipinski definition) is 1. The highest BCUT2D eigenvalue weighted by atomic mass is 15.1. The van der Waals surface area contributed by atoms with Crippen molar-refractivity contribution in [2.24, 2.45) is 5.92 Å². The zero-order chi connectivity index (χ0) is 9.14. The minimum absolute atomic E-state index is 0.740. The Bertz CT molecular complexity index is 170. The SMILES string of the molecule is CC(C)C1=CCN(C)[C@@H](C)CC1. The van der Waals surface area contributed by atoms with E-state index in [4.69, 9.17) is 0 Å². The van der Waals surface area contributed by atoms with Crippen LogP contribution in [0.4, 0.5) is 0 Å². The molecule has 1 aliphatic heterocycles. The monoisotopic (exact) mass is 167 g/mol. The number of hydrogen-bond donors (Lipinski definition) is 0. The van der Waals surface area contributed by atoms with Crippen molar-refractivity contribution in [1.82, 2.24) is 4.90 Å². The first-order valence-corrected chi connectivity index (χ1v) is 5.00. The highest BCUT2D eigenvalue weighted by molar-refractivity contribution is 5.08. The zero-order valence-electron chi connectivity index (χ0n) is 8.80. The van der Waals surface area contributed by atoms with E-state index < -0.39 is 0 Å². The van der Waals surface area contributed by atoms with Crippen LogP contribution in [0.5, 0.6) is 0 Å². The van der Waals surface area contributed by atoms with Gasteiger partial charge in [-0.3, -0.25) is 0 Å². The van der Waals surface area contributed by atoms with E-state index >= 15 is 0 Å². The van der Waals surface area contributed by atoms with E-state index in [1.165, 1.54) is 12.8 Å². The number of rotatable bonds is 1. The van der Waals surface area contributed by atoms with Gasteiger partial charge in [-0.05, 0) is 32.7 Å². The first-order valence-electron chi connectivity index (χ1n) is 5.00. The van der Waals surface area contributed by atoms with E-state index in [0.29, 0.717) is 0 Å². The van der Waals surface area contributed by atoms with E-state index in [-0.39, 0.29) is 0 Å². The van der Waals surface area contributed by atoms with E-state index in [1.807, 2.05) is 0 Å². The Morgan fingerprint density at radius 1 is 1.50 bits per heavy atom. The predicted molar refractivity (Wildman–Crippen MR) is 54.2 cm³/mol. The Morgan fingerprint density at radius 3 is 2.75 bits per heavy atom. The molecule has 0 aliphatic carbocycles. The lowest BCUT2D eigenvalue weighted by Gasteiger charge is -2.20. The lowest BCUT2D eigenvalue weighted by atomic mass is 9.97. The maximum absolute atomic E-state index is 2.43. The van der Waals surface area contributed by atoms with Gasteiger partial charge in [0.1, 0.15) is 0 Å². The summed E-state index contributed by atoms with van der Waals surface area (Å²) in [6.07, 6.45) is 5.03. The third-order valence-corrected chi connectivity index (χ3v) is 2.99. The fourth-order valence-electron chi connectivity index (χ4n) is 1.66. The van der Waals surface area contributed by atoms with Crippen LogP contribution in [0, 0.1) is 5.92 Å². The van der Waals surface area contributed by atoms with Gasteiger partial charge in [-0.25, -0.2) is 0 Å². The highest BCUT2D eigenvalue weighted by Crippen LogP contribution is 2.21. The molecule has 0 fully saturated rings. The third-order valence-electron chi connectivity index (χ3n) is 2.99. The van der Waals surface area contributed by atoms with Gasteiger partial charge < -0.3 is 4.90 Å². The number of nitrogens with zero attached hydrogens (tertiary/aromatic N) is 1.